The van der Waals surface area contributed by atoms with Gasteiger partial charge in [0.1, 0.15) is 54.1 Å². The second kappa shape index (κ2) is 34.1. The third-order valence-corrected chi connectivity index (χ3v) is 15.1. The lowest BCUT2D eigenvalue weighted by Crippen LogP contribution is -2.62. The van der Waals surface area contributed by atoms with Crippen LogP contribution in [-0.2, 0) is 78.4 Å². The molecule has 0 aliphatic rings. The van der Waals surface area contributed by atoms with Gasteiger partial charge in [-0.25, -0.2) is 4.79 Å². The Morgan fingerprint density at radius 3 is 1.35 bits per heavy atom. The molecule has 8 amide bonds. The number of aromatic nitrogens is 2. The first kappa shape index (κ1) is 70.9. The number of fused-ring (bicyclic) bond motifs is 2. The third kappa shape index (κ3) is 21.2. The second-order valence-electron chi connectivity index (χ2n) is 22.9. The summed E-state index contributed by atoms with van der Waals surface area (Å²) in [5.74, 6) is -12.9. The van der Waals surface area contributed by atoms with Crippen molar-refractivity contribution in [3.8, 4) is 5.75 Å². The van der Waals surface area contributed by atoms with Crippen molar-refractivity contribution in [2.24, 2.45) is 17.4 Å². The molecule has 0 aliphatic heterocycles. The predicted molar refractivity (Wildman–Crippen MR) is 336 cm³/mol. The lowest BCUT2D eigenvalue weighted by molar-refractivity contribution is -0.144. The number of carboxylic acids is 3. The molecule has 0 radical (unpaired) electrons. The number of hydrogen-bond acceptors (Lipinski definition) is 15. The number of aliphatic carboxylic acids is 3. The van der Waals surface area contributed by atoms with Crippen LogP contribution in [-0.4, -0.2) is 168 Å². The van der Waals surface area contributed by atoms with Crippen LogP contribution in [0.4, 0.5) is 0 Å². The molecule has 10 atom stereocenters. The maximum atomic E-state index is 15.1. The monoisotopic (exact) mass is 1270 g/mol. The van der Waals surface area contributed by atoms with Crippen molar-refractivity contribution in [2.75, 3.05) is 6.54 Å². The van der Waals surface area contributed by atoms with Crippen LogP contribution in [0.1, 0.15) is 81.5 Å². The number of aliphatic hydroxyl groups is 1. The number of phenolic OH excluding ortho intramolecular Hbond substituents is 1. The van der Waals surface area contributed by atoms with Gasteiger partial charge in [-0.1, -0.05) is 92.7 Å². The van der Waals surface area contributed by atoms with Gasteiger partial charge in [0, 0.05) is 59.9 Å². The molecule has 0 unspecified atom stereocenters. The zero-order valence-electron chi connectivity index (χ0n) is 51.0. The summed E-state index contributed by atoms with van der Waals surface area (Å²) in [5, 5.41) is 72.1. The summed E-state index contributed by atoms with van der Waals surface area (Å²) in [6.07, 6.45) is -0.697. The number of carbonyl (C=O) groups is 11. The molecule has 92 heavy (non-hydrogen) atoms. The Morgan fingerprint density at radius 1 is 0.457 bits per heavy atom. The molecule has 2 heterocycles. The normalized spacial score (nSPS) is 14.6. The van der Waals surface area contributed by atoms with Gasteiger partial charge in [-0.15, -0.1) is 0 Å². The Labute approximate surface area is 528 Å². The minimum Gasteiger partial charge on any atom is -0.508 e. The molecule has 0 saturated heterocycles. The highest BCUT2D eigenvalue weighted by molar-refractivity contribution is 6.00. The highest BCUT2D eigenvalue weighted by Crippen LogP contribution is 2.22. The van der Waals surface area contributed by atoms with Crippen molar-refractivity contribution in [3.63, 3.8) is 0 Å². The van der Waals surface area contributed by atoms with E-state index in [2.05, 4.69) is 52.5 Å². The van der Waals surface area contributed by atoms with Gasteiger partial charge < -0.3 is 89.5 Å². The zero-order chi connectivity index (χ0) is 67.2. The minimum absolute atomic E-state index is 0.0125. The van der Waals surface area contributed by atoms with Crippen molar-refractivity contribution in [1.29, 1.82) is 0 Å². The highest BCUT2D eigenvalue weighted by atomic mass is 16.4. The molecule has 0 spiro atoms. The number of H-pyrrole nitrogens is 2. The number of carbonyl (C=O) groups excluding carboxylic acids is 8. The van der Waals surface area contributed by atoms with Gasteiger partial charge in [0.05, 0.1) is 25.0 Å². The number of nitrogens with one attached hydrogen (secondary N) is 10. The fraction of sp³-hybridized carbons (Fsp3) is 0.391. The summed E-state index contributed by atoms with van der Waals surface area (Å²) < 4.78 is 0. The van der Waals surface area contributed by atoms with E-state index in [1.165, 1.54) is 31.2 Å². The lowest BCUT2D eigenvalue weighted by Gasteiger charge is -2.29. The van der Waals surface area contributed by atoms with Crippen LogP contribution in [0.5, 0.6) is 5.75 Å². The minimum atomic E-state index is -1.87. The molecule has 28 nitrogen and oxygen atoms in total. The maximum absolute atomic E-state index is 15.1. The molecule has 6 aromatic rings. The number of aromatic amines is 2. The largest absolute Gasteiger partial charge is 0.508 e. The molecule has 0 aliphatic carbocycles. The van der Waals surface area contributed by atoms with Crippen molar-refractivity contribution >= 4 is 87.0 Å². The fourth-order valence-corrected chi connectivity index (χ4v) is 10.3. The molecule has 2 aromatic heterocycles. The van der Waals surface area contributed by atoms with Crippen molar-refractivity contribution < 1.29 is 78.3 Å². The summed E-state index contributed by atoms with van der Waals surface area (Å²) in [7, 11) is 0. The molecule has 6 rings (SSSR count). The average molecular weight is 1270 g/mol. The Kier molecular flexibility index (Phi) is 26.3. The Morgan fingerprint density at radius 2 is 0.870 bits per heavy atom. The van der Waals surface area contributed by atoms with E-state index in [0.29, 0.717) is 56.9 Å². The smallest absolute Gasteiger partial charge is 0.326 e. The number of amides is 8. The molecule has 0 bridgehead atoms. The molecule has 0 saturated carbocycles. The Balaban J connectivity index is 1.33. The molecular weight excluding hydrogens is 1190 g/mol. The van der Waals surface area contributed by atoms with Crippen LogP contribution in [0.25, 0.3) is 21.8 Å². The number of rotatable bonds is 36. The molecular formula is C64H80N12O16. The quantitative estimate of drug-likeness (QED) is 0.0237. The van der Waals surface area contributed by atoms with E-state index in [0.717, 1.165) is 0 Å². The topological polar surface area (TPSA) is 469 Å². The number of benzene rings is 4. The van der Waals surface area contributed by atoms with Gasteiger partial charge in [-0.3, -0.25) is 47.9 Å². The average Bonchev–Trinajstić information content (AvgIpc) is 1.65. The Bertz CT molecular complexity index is 3560. The number of para-hydroxylation sites is 2. The third-order valence-electron chi connectivity index (χ3n) is 15.1. The standard InChI is InChI=1S/C64H80N12O16/c1-34(2)25-52(64(91)92)75-61(88)51(31-54(81)82)73-59(86)47(26-36-13-5-4-6-14-36)70-58(85)48(27-37-20-22-40(78)23-21-37)71-60(87)49(28-38-32-67-44-17-9-7-15-41(38)44)74-63(90)55(35(3)77)76-62(89)50(29-39-33-68-45-18-10-8-16-42(39)45)72-57(84)46(19-11-12-24-65)69-56(83)43(66)30-53(79)80/h4-10,13-18,20-23,32-35,43,46-52,55,67-68,77-78H,11-12,19,24-31,65-66H2,1-3H3,(H,69,83)(H,70,85)(H,71,87)(H,72,84)(H,73,86)(H,74,90)(H,75,88)(H,76,89)(H,79,80)(H,81,82)(H,91,92)/t35-,43+,46+,47+,48+,49+,50+,51+,52+,55+/m1/s1. The van der Waals surface area contributed by atoms with Crippen LogP contribution >= 0.6 is 0 Å². The van der Waals surface area contributed by atoms with Crippen molar-refractivity contribution in [2.45, 2.75) is 145 Å². The summed E-state index contributed by atoms with van der Waals surface area (Å²) in [6.45, 7) is 4.84. The SMILES string of the molecule is CC(C)C[C@H](NC(=O)[C@H](CC(=O)O)NC(=O)[C@H](Cc1ccccc1)NC(=O)[C@H](Cc1ccc(O)cc1)NC(=O)[C@H](Cc1c[nH]c2ccccc12)NC(=O)[C@@H](NC(=O)[C@H](Cc1c[nH]c2ccccc12)NC(=O)[C@H](CCCCN)NC(=O)[C@@H](N)CC(=O)O)[C@@H](C)O)C(=O)O. The number of aromatic hydroxyl groups is 1. The lowest BCUT2D eigenvalue weighted by atomic mass is 10.00. The summed E-state index contributed by atoms with van der Waals surface area (Å²) in [4.78, 5) is 157. The van der Waals surface area contributed by atoms with Crippen LogP contribution in [0.15, 0.2) is 116 Å². The summed E-state index contributed by atoms with van der Waals surface area (Å²) in [5.41, 5.74) is 14.7. The van der Waals surface area contributed by atoms with E-state index < -0.39 is 138 Å². The van der Waals surface area contributed by atoms with E-state index >= 15 is 4.79 Å². The van der Waals surface area contributed by atoms with E-state index in [4.69, 9.17) is 11.5 Å². The van der Waals surface area contributed by atoms with Gasteiger partial charge in [-0.2, -0.15) is 0 Å². The van der Waals surface area contributed by atoms with Gasteiger partial charge in [0.15, 0.2) is 0 Å². The van der Waals surface area contributed by atoms with Crippen LogP contribution in [0.3, 0.4) is 0 Å². The summed E-state index contributed by atoms with van der Waals surface area (Å²) in [6, 6.07) is 13.4. The fourth-order valence-electron chi connectivity index (χ4n) is 10.3. The highest BCUT2D eigenvalue weighted by Gasteiger charge is 2.38. The first-order valence-electron chi connectivity index (χ1n) is 29.9. The van der Waals surface area contributed by atoms with Crippen LogP contribution in [0, 0.1) is 5.92 Å². The van der Waals surface area contributed by atoms with Gasteiger partial charge in [0.2, 0.25) is 47.3 Å². The molecule has 19 N–H and O–H groups in total. The first-order valence-corrected chi connectivity index (χ1v) is 29.9. The van der Waals surface area contributed by atoms with E-state index in [1.807, 2.05) is 0 Å². The number of phenols is 1. The van der Waals surface area contributed by atoms with Crippen LogP contribution < -0.4 is 54.0 Å². The summed E-state index contributed by atoms with van der Waals surface area (Å²) >= 11 is 0. The van der Waals surface area contributed by atoms with E-state index in [1.54, 1.807) is 105 Å². The number of carboxylic acid groups (broad SMARTS) is 3. The van der Waals surface area contributed by atoms with Crippen molar-refractivity contribution in [1.82, 2.24) is 52.5 Å². The van der Waals surface area contributed by atoms with Crippen molar-refractivity contribution in [3.05, 3.63) is 138 Å². The molecule has 492 valence electrons. The van der Waals surface area contributed by atoms with Gasteiger partial charge >= 0.3 is 17.9 Å². The number of aliphatic hydroxyl groups excluding tert-OH is 1. The van der Waals surface area contributed by atoms with Gasteiger partial charge in [0.25, 0.3) is 0 Å². The maximum Gasteiger partial charge on any atom is 0.326 e. The van der Waals surface area contributed by atoms with Gasteiger partial charge in [-0.05, 0) is 91.6 Å². The van der Waals surface area contributed by atoms with E-state index in [9.17, 15) is 73.5 Å². The van der Waals surface area contributed by atoms with Crippen LogP contribution in [0.2, 0.25) is 0 Å². The second-order valence-corrected chi connectivity index (χ2v) is 22.9. The zero-order valence-corrected chi connectivity index (χ0v) is 51.0. The molecule has 0 fully saturated rings. The first-order chi connectivity index (χ1) is 43.8. The predicted octanol–water partition coefficient (Wildman–Crippen LogP) is 0.421. The molecule has 28 heteroatoms. The number of hydrogen-bond donors (Lipinski definition) is 17. The molecule has 4 aromatic carbocycles. The number of unbranched alkanes of at least 4 members (excludes halogenated alkanes) is 1. The Hall–Kier alpha value is -10.2. The van der Waals surface area contributed by atoms with E-state index in [-0.39, 0.29) is 56.7 Å². The number of nitrogens with two attached hydrogens (primary N) is 2.